The quantitative estimate of drug-likeness (QED) is 0.382. The molecule has 9 heteroatoms. The van der Waals surface area contributed by atoms with E-state index in [0.717, 1.165) is 0 Å². The molecule has 0 aliphatic heterocycles. The number of nitro benzene ring substituents is 1. The molecule has 0 saturated heterocycles. The third kappa shape index (κ3) is 6.68. The van der Waals surface area contributed by atoms with E-state index in [1.807, 2.05) is 13.8 Å². The van der Waals surface area contributed by atoms with Crippen molar-refractivity contribution in [3.05, 3.63) is 73.8 Å². The van der Waals surface area contributed by atoms with Crippen LogP contribution in [0.5, 0.6) is 0 Å². The number of carbonyl (C=O) groups is 2. The fourth-order valence-electron chi connectivity index (χ4n) is 3.30. The van der Waals surface area contributed by atoms with E-state index in [9.17, 15) is 19.7 Å². The number of benzene rings is 2. The lowest BCUT2D eigenvalue weighted by Gasteiger charge is -2.31. The minimum Gasteiger partial charge on any atom is -0.354 e. The monoisotopic (exact) mass is 479 g/mol. The lowest BCUT2D eigenvalue weighted by molar-refractivity contribution is -0.385. The zero-order chi connectivity index (χ0) is 23.8. The largest absolute Gasteiger partial charge is 0.354 e. The minimum atomic E-state index is -0.781. The maximum atomic E-state index is 13.4. The molecular formula is C23H27Cl2N3O4. The number of hydrogen-bond donors (Lipinski definition) is 1. The lowest BCUT2D eigenvalue weighted by atomic mass is 10.0. The van der Waals surface area contributed by atoms with Crippen molar-refractivity contribution in [3.8, 4) is 0 Å². The molecule has 0 radical (unpaired) electrons. The van der Waals surface area contributed by atoms with Gasteiger partial charge in [-0.2, -0.15) is 0 Å². The van der Waals surface area contributed by atoms with Gasteiger partial charge in [0.25, 0.3) is 5.69 Å². The van der Waals surface area contributed by atoms with Crippen LogP contribution in [0.3, 0.4) is 0 Å². The smallest absolute Gasteiger partial charge is 0.273 e. The van der Waals surface area contributed by atoms with Crippen LogP contribution in [0.4, 0.5) is 5.69 Å². The van der Waals surface area contributed by atoms with E-state index in [4.69, 9.17) is 23.2 Å². The van der Waals surface area contributed by atoms with Crippen molar-refractivity contribution in [2.24, 2.45) is 5.92 Å². The molecule has 2 aromatic carbocycles. The number of hydrogen-bond acceptors (Lipinski definition) is 4. The fraction of sp³-hybridized carbons (Fsp3) is 0.391. The molecular weight excluding hydrogens is 453 g/mol. The Hall–Kier alpha value is -2.64. The van der Waals surface area contributed by atoms with Crippen molar-refractivity contribution in [1.82, 2.24) is 10.2 Å². The predicted molar refractivity (Wildman–Crippen MR) is 126 cm³/mol. The van der Waals surface area contributed by atoms with Crippen molar-refractivity contribution < 1.29 is 14.5 Å². The Morgan fingerprint density at radius 2 is 1.72 bits per heavy atom. The summed E-state index contributed by atoms with van der Waals surface area (Å²) in [4.78, 5) is 38.6. The molecule has 1 N–H and O–H groups in total. The number of nitrogens with zero attached hydrogens (tertiary/aromatic N) is 2. The molecule has 172 valence electrons. The van der Waals surface area contributed by atoms with Gasteiger partial charge < -0.3 is 10.2 Å². The summed E-state index contributed by atoms with van der Waals surface area (Å²) in [5.74, 6) is -0.479. The van der Waals surface area contributed by atoms with Crippen molar-refractivity contribution in [2.45, 2.75) is 46.2 Å². The van der Waals surface area contributed by atoms with E-state index in [-0.39, 0.29) is 36.0 Å². The maximum absolute atomic E-state index is 13.4. The van der Waals surface area contributed by atoms with Crippen molar-refractivity contribution >= 4 is 40.7 Å². The maximum Gasteiger partial charge on any atom is 0.273 e. The van der Waals surface area contributed by atoms with Gasteiger partial charge in [0.05, 0.1) is 11.3 Å². The first-order valence-electron chi connectivity index (χ1n) is 10.4. The van der Waals surface area contributed by atoms with Crippen molar-refractivity contribution in [3.63, 3.8) is 0 Å². The second-order valence-corrected chi connectivity index (χ2v) is 8.66. The summed E-state index contributed by atoms with van der Waals surface area (Å²) in [6, 6.07) is 10.3. The highest BCUT2D eigenvalue weighted by Crippen LogP contribution is 2.28. The predicted octanol–water partition coefficient (Wildman–Crippen LogP) is 5.02. The molecule has 1 unspecified atom stereocenters. The Labute approximate surface area is 197 Å². The lowest BCUT2D eigenvalue weighted by Crippen LogP contribution is -2.50. The summed E-state index contributed by atoms with van der Waals surface area (Å²) in [5.41, 5.74) is 0.644. The Bertz CT molecular complexity index is 961. The van der Waals surface area contributed by atoms with E-state index in [1.54, 1.807) is 37.3 Å². The first-order valence-corrected chi connectivity index (χ1v) is 11.1. The van der Waals surface area contributed by atoms with Crippen LogP contribution in [0.1, 0.15) is 38.3 Å². The molecule has 0 fully saturated rings. The van der Waals surface area contributed by atoms with Crippen LogP contribution < -0.4 is 5.32 Å². The number of nitrogens with one attached hydrogen (secondary N) is 1. The van der Waals surface area contributed by atoms with Gasteiger partial charge in [0.1, 0.15) is 6.04 Å². The van der Waals surface area contributed by atoms with Gasteiger partial charge in [0.15, 0.2) is 0 Å². The van der Waals surface area contributed by atoms with E-state index >= 15 is 0 Å². The summed E-state index contributed by atoms with van der Waals surface area (Å²) >= 11 is 12.6. The molecule has 2 aromatic rings. The van der Waals surface area contributed by atoms with Crippen molar-refractivity contribution in [2.75, 3.05) is 6.54 Å². The van der Waals surface area contributed by atoms with Crippen molar-refractivity contribution in [1.29, 1.82) is 0 Å². The normalized spacial score (nSPS) is 11.8. The van der Waals surface area contributed by atoms with E-state index < -0.39 is 16.9 Å². The molecule has 0 saturated carbocycles. The average molecular weight is 480 g/mol. The SMILES string of the molecule is CCC(C(=O)NCC(C)C)N(Cc1c(Cl)cccc1Cl)C(=O)Cc1ccccc1[N+](=O)[O-]. The van der Waals surface area contributed by atoms with Gasteiger partial charge in [-0.05, 0) is 24.5 Å². The van der Waals surface area contributed by atoms with Crippen LogP contribution >= 0.6 is 23.2 Å². The average Bonchev–Trinajstić information content (AvgIpc) is 2.74. The summed E-state index contributed by atoms with van der Waals surface area (Å²) in [6.07, 6.45) is 0.127. The molecule has 0 spiro atoms. The highest BCUT2D eigenvalue weighted by molar-refractivity contribution is 6.36. The van der Waals surface area contributed by atoms with Gasteiger partial charge >= 0.3 is 0 Å². The van der Waals surface area contributed by atoms with Crippen LogP contribution in [-0.4, -0.2) is 34.2 Å². The number of nitro groups is 1. The topological polar surface area (TPSA) is 92.6 Å². The highest BCUT2D eigenvalue weighted by atomic mass is 35.5. The molecule has 0 aliphatic carbocycles. The van der Waals surface area contributed by atoms with Gasteiger partial charge in [-0.3, -0.25) is 19.7 Å². The van der Waals surface area contributed by atoms with E-state index in [1.165, 1.54) is 17.0 Å². The van der Waals surface area contributed by atoms with Crippen LogP contribution in [0.2, 0.25) is 10.0 Å². The third-order valence-electron chi connectivity index (χ3n) is 4.99. The molecule has 0 aliphatic rings. The molecule has 2 rings (SSSR count). The zero-order valence-corrected chi connectivity index (χ0v) is 19.8. The molecule has 0 heterocycles. The zero-order valence-electron chi connectivity index (χ0n) is 18.3. The Kier molecular flexibility index (Phi) is 9.47. The minimum absolute atomic E-state index is 0.00553. The standard InChI is InChI=1S/C23H27Cl2N3O4/c1-4-20(23(30)26-13-15(2)3)27(14-17-18(24)9-7-10-19(17)25)22(29)12-16-8-5-6-11-21(16)28(31)32/h5-11,15,20H,4,12-14H2,1-3H3,(H,26,30). The Balaban J connectivity index is 2.41. The summed E-state index contributed by atoms with van der Waals surface area (Å²) < 4.78 is 0. The molecule has 2 amide bonds. The summed E-state index contributed by atoms with van der Waals surface area (Å²) in [5, 5.41) is 15.0. The first-order chi connectivity index (χ1) is 15.1. The van der Waals surface area contributed by atoms with Crippen LogP contribution in [0, 0.1) is 16.0 Å². The number of rotatable bonds is 10. The van der Waals surface area contributed by atoms with Gasteiger partial charge in [-0.1, -0.05) is 68.2 Å². The number of halogens is 2. The van der Waals surface area contributed by atoms with Gasteiger partial charge in [0.2, 0.25) is 11.8 Å². The van der Waals surface area contributed by atoms with Crippen LogP contribution in [-0.2, 0) is 22.6 Å². The summed E-state index contributed by atoms with van der Waals surface area (Å²) in [6.45, 7) is 6.23. The molecule has 1 atom stereocenters. The molecule has 0 aromatic heterocycles. The highest BCUT2D eigenvalue weighted by Gasteiger charge is 2.31. The van der Waals surface area contributed by atoms with Crippen LogP contribution in [0.15, 0.2) is 42.5 Å². The molecule has 32 heavy (non-hydrogen) atoms. The Morgan fingerprint density at radius 3 is 2.28 bits per heavy atom. The molecule has 0 bridgehead atoms. The van der Waals surface area contributed by atoms with Gasteiger partial charge in [-0.15, -0.1) is 0 Å². The number of carbonyl (C=O) groups excluding carboxylic acids is 2. The number of amides is 2. The van der Waals surface area contributed by atoms with E-state index in [0.29, 0.717) is 28.6 Å². The first kappa shape index (κ1) is 25.6. The summed E-state index contributed by atoms with van der Waals surface area (Å²) in [7, 11) is 0. The van der Waals surface area contributed by atoms with Gasteiger partial charge in [-0.25, -0.2) is 0 Å². The second-order valence-electron chi connectivity index (χ2n) is 7.85. The van der Waals surface area contributed by atoms with Gasteiger partial charge in [0, 0.05) is 40.3 Å². The van der Waals surface area contributed by atoms with Crippen LogP contribution in [0.25, 0.3) is 0 Å². The number of para-hydroxylation sites is 1. The second kappa shape index (κ2) is 11.8. The fourth-order valence-corrected chi connectivity index (χ4v) is 3.82. The van der Waals surface area contributed by atoms with E-state index in [2.05, 4.69) is 5.32 Å². The molecule has 7 nitrogen and oxygen atoms in total. The third-order valence-corrected chi connectivity index (χ3v) is 5.70. The Morgan fingerprint density at radius 1 is 1.09 bits per heavy atom.